The molecule has 7 aromatic carbocycles. The summed E-state index contributed by atoms with van der Waals surface area (Å²) in [7, 11) is 0. The quantitative estimate of drug-likeness (QED) is 0.142. The van der Waals surface area contributed by atoms with Gasteiger partial charge in [0.05, 0.1) is 5.52 Å². The van der Waals surface area contributed by atoms with Crippen molar-refractivity contribution in [1.29, 1.82) is 0 Å². The molecule has 0 spiro atoms. The fraction of sp³-hybridized carbons (Fsp3) is 0.0862. The zero-order valence-corrected chi connectivity index (χ0v) is 38.4. The SMILES string of the molecule is Cc1cc2[c-]c(n1)n1[cH-]n3c4cc(ccc4c4ccccc4c4cc(C(C)(C)C)cc(n4)n4c5[c-]c(ccc5c5ccccc54)o2)c2ccccc2c2ccccc2c2cccc1c23.[Pt]. The third-order valence-corrected chi connectivity index (χ3v) is 13.0. The number of para-hydroxylation sites is 2. The Kier molecular flexibility index (Phi) is 8.79. The average Bonchev–Trinajstić information content (AvgIpc) is 3.87. The molecule has 0 aliphatic rings. The molecule has 13 rings (SSSR count). The van der Waals surface area contributed by atoms with Crippen LogP contribution in [-0.2, 0) is 26.5 Å². The number of rotatable bonds is 0. The van der Waals surface area contributed by atoms with E-state index in [0.717, 1.165) is 87.5 Å². The van der Waals surface area contributed by atoms with Crippen molar-refractivity contribution in [2.24, 2.45) is 0 Å². The Balaban J connectivity index is 0.00000444. The van der Waals surface area contributed by atoms with Crippen LogP contribution < -0.4 is 0 Å². The van der Waals surface area contributed by atoms with E-state index >= 15 is 0 Å². The second-order valence-electron chi connectivity index (χ2n) is 18.0. The molecule has 13 aromatic rings. The number of hydrogen-bond acceptors (Lipinski definition) is 3. The van der Waals surface area contributed by atoms with E-state index in [2.05, 4.69) is 204 Å². The number of nitrogens with zero attached hydrogens (tertiary/aromatic N) is 5. The van der Waals surface area contributed by atoms with Crippen molar-refractivity contribution in [3.05, 3.63) is 194 Å². The Labute approximate surface area is 387 Å². The van der Waals surface area contributed by atoms with Crippen molar-refractivity contribution in [2.75, 3.05) is 0 Å². The van der Waals surface area contributed by atoms with Gasteiger partial charge in [0.2, 0.25) is 0 Å². The predicted molar refractivity (Wildman–Crippen MR) is 265 cm³/mol. The van der Waals surface area contributed by atoms with Crippen LogP contribution in [0.4, 0.5) is 0 Å². The molecular formula is C58H40N5OPt-3. The molecule has 0 amide bonds. The topological polar surface area (TPSA) is 52.2 Å². The fourth-order valence-electron chi connectivity index (χ4n) is 10.00. The van der Waals surface area contributed by atoms with Crippen molar-refractivity contribution in [2.45, 2.75) is 33.1 Å². The average molecular weight is 1020 g/mol. The van der Waals surface area contributed by atoms with Gasteiger partial charge in [-0.05, 0) is 118 Å². The molecule has 0 aliphatic carbocycles. The summed E-state index contributed by atoms with van der Waals surface area (Å²) in [6, 6.07) is 66.2. The van der Waals surface area contributed by atoms with E-state index < -0.39 is 0 Å². The van der Waals surface area contributed by atoms with E-state index in [-0.39, 0.29) is 26.5 Å². The molecule has 7 heteroatoms. The summed E-state index contributed by atoms with van der Waals surface area (Å²) in [5.74, 6) is 0. The van der Waals surface area contributed by atoms with Gasteiger partial charge in [0, 0.05) is 43.9 Å². The van der Waals surface area contributed by atoms with Crippen LogP contribution in [0.1, 0.15) is 32.0 Å². The first-order chi connectivity index (χ1) is 31.2. The van der Waals surface area contributed by atoms with Crippen LogP contribution in [0.5, 0.6) is 0 Å². The van der Waals surface area contributed by atoms with Crippen molar-refractivity contribution in [3.8, 4) is 0 Å². The third kappa shape index (κ3) is 6.08. The molecular weight excluding hydrogens is 978 g/mol. The standard InChI is InChI=1S/C58H40N5O.Pt/c1-35-28-39-33-55(59-35)61-34-62-53-29-36(40-14-5-6-15-41(40)42-16-7-8-17-43(42)49-21-13-23-52(61)57(49)62)24-26-47(53)44-18-9-10-19-45(44)50-30-37(58(2,3)4)31-56(60-50)63-51-22-12-11-20-46(51)48-27-25-38(64-39)32-54(48)63;/h5-31,34H,1-4H3;/q-3;. The molecule has 0 unspecified atom stereocenters. The van der Waals surface area contributed by atoms with Gasteiger partial charge in [0.15, 0.2) is 0 Å². The predicted octanol–water partition coefficient (Wildman–Crippen LogP) is 14.9. The summed E-state index contributed by atoms with van der Waals surface area (Å²) in [4.78, 5) is 10.8. The van der Waals surface area contributed by atoms with Gasteiger partial charge in [-0.1, -0.05) is 154 Å². The van der Waals surface area contributed by atoms with Gasteiger partial charge in [-0.3, -0.25) is 0 Å². The van der Waals surface area contributed by atoms with Gasteiger partial charge < -0.3 is 22.6 Å². The van der Waals surface area contributed by atoms with Gasteiger partial charge in [0.25, 0.3) is 0 Å². The van der Waals surface area contributed by atoms with E-state index in [4.69, 9.17) is 14.4 Å². The number of aromatic nitrogens is 5. The first-order valence-corrected chi connectivity index (χ1v) is 21.8. The largest absolute Gasteiger partial charge is 0.522 e. The molecule has 6 heterocycles. The van der Waals surface area contributed by atoms with Crippen LogP contribution in [0.25, 0.3) is 115 Å². The van der Waals surface area contributed by atoms with Crippen LogP contribution in [-0.4, -0.2) is 23.2 Å². The molecule has 0 saturated carbocycles. The van der Waals surface area contributed by atoms with E-state index in [1.165, 1.54) is 21.7 Å². The minimum atomic E-state index is -0.180. The Morgan fingerprint density at radius 2 is 1.12 bits per heavy atom. The first-order valence-electron chi connectivity index (χ1n) is 21.8. The van der Waals surface area contributed by atoms with Gasteiger partial charge in [0.1, 0.15) is 5.65 Å². The third-order valence-electron chi connectivity index (χ3n) is 13.0. The maximum absolute atomic E-state index is 6.76. The number of hydrogen-bond donors (Lipinski definition) is 0. The van der Waals surface area contributed by atoms with Crippen LogP contribution in [0.2, 0.25) is 0 Å². The molecule has 0 N–H and O–H groups in total. The van der Waals surface area contributed by atoms with E-state index in [1.54, 1.807) is 0 Å². The molecule has 316 valence electrons. The summed E-state index contributed by atoms with van der Waals surface area (Å²) >= 11 is 0. The molecule has 0 atom stereocenters. The summed E-state index contributed by atoms with van der Waals surface area (Å²) in [5.41, 5.74) is 10.3. The molecule has 6 nitrogen and oxygen atoms in total. The monoisotopic (exact) mass is 1020 g/mol. The van der Waals surface area contributed by atoms with Crippen molar-refractivity contribution in [3.63, 3.8) is 0 Å². The molecule has 6 aromatic heterocycles. The summed E-state index contributed by atoms with van der Waals surface area (Å²) in [5, 5.41) is 12.3. The molecule has 65 heavy (non-hydrogen) atoms. The molecule has 0 saturated heterocycles. The molecule has 10 bridgehead atoms. The van der Waals surface area contributed by atoms with Crippen LogP contribution in [0.15, 0.2) is 175 Å². The number of aryl methyl sites for hydroxylation is 1. The van der Waals surface area contributed by atoms with Crippen molar-refractivity contribution >= 4 is 115 Å². The smallest absolute Gasteiger partial charge is 0.136 e. The van der Waals surface area contributed by atoms with Crippen LogP contribution in [0, 0.1) is 19.1 Å². The van der Waals surface area contributed by atoms with Gasteiger partial charge in [-0.25, -0.2) is 11.1 Å². The summed E-state index contributed by atoms with van der Waals surface area (Å²) < 4.78 is 13.5. The number of imidazole rings is 1. The summed E-state index contributed by atoms with van der Waals surface area (Å²) in [6.07, 6.45) is 2.17. The zero-order chi connectivity index (χ0) is 42.8. The van der Waals surface area contributed by atoms with E-state index in [0.29, 0.717) is 16.8 Å². The van der Waals surface area contributed by atoms with Gasteiger partial charge in [-0.2, -0.15) is 6.07 Å². The number of fused-ring (bicyclic) bond motifs is 21. The minimum Gasteiger partial charge on any atom is -0.522 e. The molecule has 0 radical (unpaired) electrons. The molecule has 0 aliphatic heterocycles. The fourth-order valence-corrected chi connectivity index (χ4v) is 10.00. The maximum atomic E-state index is 6.76. The first kappa shape index (κ1) is 39.2. The summed E-state index contributed by atoms with van der Waals surface area (Å²) in [6.45, 7) is 8.82. The van der Waals surface area contributed by atoms with Crippen molar-refractivity contribution in [1.82, 2.24) is 23.2 Å². The Morgan fingerprint density at radius 1 is 0.508 bits per heavy atom. The van der Waals surface area contributed by atoms with E-state index in [1.807, 2.05) is 19.1 Å². The second-order valence-corrected chi connectivity index (χ2v) is 18.0. The van der Waals surface area contributed by atoms with Crippen molar-refractivity contribution < 1.29 is 25.5 Å². The van der Waals surface area contributed by atoms with Gasteiger partial charge >= 0.3 is 0 Å². The second kappa shape index (κ2) is 14.6. The Hall–Kier alpha value is -7.40. The van der Waals surface area contributed by atoms with Crippen LogP contribution in [0.3, 0.4) is 0 Å². The normalized spacial score (nSPS) is 12.2. The van der Waals surface area contributed by atoms with Gasteiger partial charge in [-0.15, -0.1) is 23.6 Å². The minimum absolute atomic E-state index is 0. The maximum Gasteiger partial charge on any atom is 0.136 e. The number of benzene rings is 7. The van der Waals surface area contributed by atoms with E-state index in [9.17, 15) is 0 Å². The molecule has 0 fully saturated rings. The van der Waals surface area contributed by atoms with Crippen LogP contribution >= 0.6 is 0 Å². The zero-order valence-electron chi connectivity index (χ0n) is 36.1. The Bertz CT molecular complexity index is 4320. The number of pyridine rings is 2. The Morgan fingerprint density at radius 3 is 1.89 bits per heavy atom.